The number of carbonyl (C=O) groups excluding carboxylic acids is 1. The van der Waals surface area contributed by atoms with Gasteiger partial charge in [0.15, 0.2) is 0 Å². The molecule has 0 heterocycles. The molecule has 0 aliphatic carbocycles. The number of carbonyl (C=O) groups is 1. The highest BCUT2D eigenvalue weighted by molar-refractivity contribution is 5.73. The van der Waals surface area contributed by atoms with Gasteiger partial charge in [0, 0.05) is 0 Å². The minimum atomic E-state index is 0.367. The van der Waals surface area contributed by atoms with Gasteiger partial charge in [-0.05, 0) is 23.8 Å². The summed E-state index contributed by atoms with van der Waals surface area (Å²) < 4.78 is 0. The minimum absolute atomic E-state index is 0.367. The molecule has 1 heteroatoms. The van der Waals surface area contributed by atoms with Crippen LogP contribution in [0.2, 0.25) is 0 Å². The van der Waals surface area contributed by atoms with Crippen LogP contribution >= 0.6 is 0 Å². The van der Waals surface area contributed by atoms with Gasteiger partial charge in [-0.25, -0.2) is 0 Å². The lowest BCUT2D eigenvalue weighted by Crippen LogP contribution is -1.96. The SMILES string of the molecule is CC(C)C/C=C(/C=O)C(C)C. The fourth-order valence-corrected chi connectivity index (χ4v) is 0.792. The normalized spacial score (nSPS) is 12.7. The Labute approximate surface area is 69.5 Å². The Morgan fingerprint density at radius 1 is 1.27 bits per heavy atom. The average Bonchev–Trinajstić information content (AvgIpc) is 1.87. The zero-order valence-electron chi connectivity index (χ0n) is 7.92. The molecule has 0 spiro atoms. The van der Waals surface area contributed by atoms with Crippen molar-refractivity contribution in [3.05, 3.63) is 11.6 Å². The summed E-state index contributed by atoms with van der Waals surface area (Å²) in [6, 6.07) is 0. The van der Waals surface area contributed by atoms with Crippen LogP contribution in [0.25, 0.3) is 0 Å². The van der Waals surface area contributed by atoms with Crippen LogP contribution in [0.3, 0.4) is 0 Å². The van der Waals surface area contributed by atoms with Gasteiger partial charge in [-0.1, -0.05) is 33.8 Å². The molecule has 0 N–H and O–H groups in total. The molecule has 0 aromatic heterocycles. The first-order valence-corrected chi connectivity index (χ1v) is 4.23. The summed E-state index contributed by atoms with van der Waals surface area (Å²) in [6.07, 6.45) is 4.02. The van der Waals surface area contributed by atoms with Crippen molar-refractivity contribution in [1.29, 1.82) is 0 Å². The summed E-state index contributed by atoms with van der Waals surface area (Å²) in [7, 11) is 0. The predicted octanol–water partition coefficient (Wildman–Crippen LogP) is 2.81. The Morgan fingerprint density at radius 3 is 2.09 bits per heavy atom. The summed E-state index contributed by atoms with van der Waals surface area (Å²) in [5.41, 5.74) is 0.929. The van der Waals surface area contributed by atoms with Crippen LogP contribution in [0.5, 0.6) is 0 Å². The summed E-state index contributed by atoms with van der Waals surface area (Å²) in [5.74, 6) is 1.01. The van der Waals surface area contributed by atoms with Crippen molar-refractivity contribution in [3.8, 4) is 0 Å². The summed E-state index contributed by atoms with van der Waals surface area (Å²) in [4.78, 5) is 10.5. The van der Waals surface area contributed by atoms with E-state index in [1.54, 1.807) is 0 Å². The lowest BCUT2D eigenvalue weighted by molar-refractivity contribution is -0.105. The smallest absolute Gasteiger partial charge is 0.145 e. The molecule has 0 radical (unpaired) electrons. The number of rotatable bonds is 4. The van der Waals surface area contributed by atoms with E-state index in [2.05, 4.69) is 13.8 Å². The molecule has 0 aromatic carbocycles. The summed E-state index contributed by atoms with van der Waals surface area (Å²) in [6.45, 7) is 8.39. The fraction of sp³-hybridized carbons (Fsp3) is 0.700. The second-order valence-electron chi connectivity index (χ2n) is 3.61. The Morgan fingerprint density at radius 2 is 1.82 bits per heavy atom. The number of allylic oxidation sites excluding steroid dienone is 2. The number of hydrogen-bond acceptors (Lipinski definition) is 1. The molecular formula is C10H18O. The summed E-state index contributed by atoms with van der Waals surface area (Å²) >= 11 is 0. The third-order valence-electron chi connectivity index (χ3n) is 1.63. The van der Waals surface area contributed by atoms with Crippen LogP contribution in [-0.2, 0) is 4.79 Å². The van der Waals surface area contributed by atoms with E-state index in [9.17, 15) is 4.79 Å². The highest BCUT2D eigenvalue weighted by atomic mass is 16.1. The molecule has 0 aliphatic heterocycles. The molecule has 0 fully saturated rings. The molecule has 0 saturated carbocycles. The molecule has 0 aromatic rings. The molecule has 0 aliphatic rings. The van der Waals surface area contributed by atoms with Crippen molar-refractivity contribution in [3.63, 3.8) is 0 Å². The maximum atomic E-state index is 10.5. The van der Waals surface area contributed by atoms with Gasteiger partial charge in [0.1, 0.15) is 6.29 Å². The topological polar surface area (TPSA) is 17.1 Å². The largest absolute Gasteiger partial charge is 0.298 e. The van der Waals surface area contributed by atoms with E-state index < -0.39 is 0 Å². The first-order valence-electron chi connectivity index (χ1n) is 4.23. The molecule has 0 bridgehead atoms. The molecule has 0 atom stereocenters. The number of aldehydes is 1. The van der Waals surface area contributed by atoms with Crippen molar-refractivity contribution in [1.82, 2.24) is 0 Å². The van der Waals surface area contributed by atoms with E-state index >= 15 is 0 Å². The molecular weight excluding hydrogens is 136 g/mol. The van der Waals surface area contributed by atoms with E-state index in [1.807, 2.05) is 19.9 Å². The monoisotopic (exact) mass is 154 g/mol. The first-order chi connectivity index (χ1) is 5.07. The van der Waals surface area contributed by atoms with Gasteiger partial charge >= 0.3 is 0 Å². The average molecular weight is 154 g/mol. The minimum Gasteiger partial charge on any atom is -0.298 e. The van der Waals surface area contributed by atoms with E-state index in [1.165, 1.54) is 0 Å². The maximum Gasteiger partial charge on any atom is 0.145 e. The zero-order chi connectivity index (χ0) is 8.85. The highest BCUT2D eigenvalue weighted by Crippen LogP contribution is 2.10. The van der Waals surface area contributed by atoms with Crippen LogP contribution in [0.4, 0.5) is 0 Å². The fourth-order valence-electron chi connectivity index (χ4n) is 0.792. The van der Waals surface area contributed by atoms with Crippen LogP contribution < -0.4 is 0 Å². The van der Waals surface area contributed by atoms with Crippen molar-refractivity contribution in [2.24, 2.45) is 11.8 Å². The Kier molecular flexibility index (Phi) is 4.84. The van der Waals surface area contributed by atoms with Crippen molar-refractivity contribution in [2.45, 2.75) is 34.1 Å². The van der Waals surface area contributed by atoms with Crippen LogP contribution in [0, 0.1) is 11.8 Å². The molecule has 64 valence electrons. The quantitative estimate of drug-likeness (QED) is 0.449. The van der Waals surface area contributed by atoms with Gasteiger partial charge in [-0.2, -0.15) is 0 Å². The van der Waals surface area contributed by atoms with Crippen molar-refractivity contribution < 1.29 is 4.79 Å². The van der Waals surface area contributed by atoms with Gasteiger partial charge < -0.3 is 0 Å². The van der Waals surface area contributed by atoms with Gasteiger partial charge in [0.25, 0.3) is 0 Å². The van der Waals surface area contributed by atoms with Crippen LogP contribution in [-0.4, -0.2) is 6.29 Å². The molecule has 0 rings (SSSR count). The van der Waals surface area contributed by atoms with Crippen molar-refractivity contribution >= 4 is 6.29 Å². The van der Waals surface area contributed by atoms with E-state index in [0.29, 0.717) is 11.8 Å². The second kappa shape index (κ2) is 5.11. The second-order valence-corrected chi connectivity index (χ2v) is 3.61. The van der Waals surface area contributed by atoms with E-state index in [-0.39, 0.29) is 0 Å². The Hall–Kier alpha value is -0.590. The van der Waals surface area contributed by atoms with Gasteiger partial charge in [-0.15, -0.1) is 0 Å². The highest BCUT2D eigenvalue weighted by Gasteiger charge is 2.00. The predicted molar refractivity (Wildman–Crippen MR) is 48.4 cm³/mol. The molecule has 0 unspecified atom stereocenters. The van der Waals surface area contributed by atoms with Gasteiger partial charge in [0.05, 0.1) is 0 Å². The maximum absolute atomic E-state index is 10.5. The lowest BCUT2D eigenvalue weighted by Gasteiger charge is -2.04. The standard InChI is InChI=1S/C10H18O/c1-8(2)5-6-10(7-11)9(3)4/h6-9H,5H2,1-4H3/b10-6-. The van der Waals surface area contributed by atoms with Gasteiger partial charge in [0.2, 0.25) is 0 Å². The van der Waals surface area contributed by atoms with E-state index in [0.717, 1.165) is 18.3 Å². The summed E-state index contributed by atoms with van der Waals surface area (Å²) in [5, 5.41) is 0. The molecule has 1 nitrogen and oxygen atoms in total. The molecule has 0 amide bonds. The lowest BCUT2D eigenvalue weighted by atomic mass is 10.0. The zero-order valence-corrected chi connectivity index (χ0v) is 7.92. The first kappa shape index (κ1) is 10.4. The van der Waals surface area contributed by atoms with E-state index in [4.69, 9.17) is 0 Å². The number of hydrogen-bond donors (Lipinski definition) is 0. The third kappa shape index (κ3) is 4.77. The van der Waals surface area contributed by atoms with Crippen molar-refractivity contribution in [2.75, 3.05) is 0 Å². The third-order valence-corrected chi connectivity index (χ3v) is 1.63. The Balaban J connectivity index is 4.01. The van der Waals surface area contributed by atoms with Crippen LogP contribution in [0.15, 0.2) is 11.6 Å². The van der Waals surface area contributed by atoms with Gasteiger partial charge in [-0.3, -0.25) is 4.79 Å². The Bertz CT molecular complexity index is 143. The molecule has 0 saturated heterocycles. The molecule has 11 heavy (non-hydrogen) atoms. The van der Waals surface area contributed by atoms with Crippen LogP contribution in [0.1, 0.15) is 34.1 Å².